The van der Waals surface area contributed by atoms with Crippen LogP contribution < -0.4 is 10.1 Å². The zero-order valence-electron chi connectivity index (χ0n) is 16.3. The molecule has 0 spiro atoms. The highest BCUT2D eigenvalue weighted by atomic mass is 16.5. The zero-order chi connectivity index (χ0) is 20.3. The van der Waals surface area contributed by atoms with Crippen LogP contribution in [-0.2, 0) is 6.61 Å². The van der Waals surface area contributed by atoms with Crippen molar-refractivity contribution in [2.24, 2.45) is 0 Å². The number of aliphatic hydroxyl groups is 1. The Hall–Kier alpha value is -3.26. The Bertz CT molecular complexity index is 892. The minimum Gasteiger partial charge on any atom is -0.481 e. The van der Waals surface area contributed by atoms with Crippen molar-refractivity contribution >= 4 is 5.91 Å². The van der Waals surface area contributed by atoms with Crippen molar-refractivity contribution in [1.82, 2.24) is 25.1 Å². The van der Waals surface area contributed by atoms with Gasteiger partial charge < -0.3 is 15.2 Å². The van der Waals surface area contributed by atoms with E-state index in [2.05, 4.69) is 20.4 Å². The summed E-state index contributed by atoms with van der Waals surface area (Å²) < 4.78 is 6.72. The molecular weight excluding hydrogens is 358 g/mol. The molecule has 0 atom stereocenters. The van der Waals surface area contributed by atoms with Crippen molar-refractivity contribution in [2.45, 2.75) is 32.9 Å². The molecule has 8 heteroatoms. The molecule has 1 amide bonds. The van der Waals surface area contributed by atoms with E-state index in [0.29, 0.717) is 28.5 Å². The molecule has 0 unspecified atom stereocenters. The molecule has 0 radical (unpaired) electrons. The quantitative estimate of drug-likeness (QED) is 0.703. The van der Waals surface area contributed by atoms with E-state index < -0.39 is 0 Å². The topological polar surface area (TPSA) is 102 Å². The van der Waals surface area contributed by atoms with E-state index in [-0.39, 0.29) is 23.7 Å². The van der Waals surface area contributed by atoms with Crippen LogP contribution in [0.25, 0.3) is 17.1 Å². The fourth-order valence-corrected chi connectivity index (χ4v) is 2.56. The summed E-state index contributed by atoms with van der Waals surface area (Å²) in [7, 11) is 1.54. The van der Waals surface area contributed by atoms with Gasteiger partial charge in [-0.05, 0) is 44.5 Å². The highest BCUT2D eigenvalue weighted by molar-refractivity contribution is 5.94. The minimum absolute atomic E-state index is 0.0891. The third kappa shape index (κ3) is 4.34. The third-order valence-corrected chi connectivity index (χ3v) is 3.87. The first kappa shape index (κ1) is 19.5. The Kier molecular flexibility index (Phi) is 5.41. The van der Waals surface area contributed by atoms with Crippen molar-refractivity contribution in [1.29, 1.82) is 0 Å². The van der Waals surface area contributed by atoms with Crippen LogP contribution in [0.5, 0.6) is 5.88 Å². The van der Waals surface area contributed by atoms with Crippen molar-refractivity contribution in [3.8, 4) is 23.0 Å². The Morgan fingerprint density at radius 3 is 2.50 bits per heavy atom. The highest BCUT2D eigenvalue weighted by Gasteiger charge is 2.21. The Morgan fingerprint density at radius 1 is 1.18 bits per heavy atom. The molecule has 0 aliphatic rings. The maximum atomic E-state index is 12.6. The molecule has 8 nitrogen and oxygen atoms in total. The van der Waals surface area contributed by atoms with Gasteiger partial charge in [-0.3, -0.25) is 9.78 Å². The third-order valence-electron chi connectivity index (χ3n) is 3.87. The van der Waals surface area contributed by atoms with Gasteiger partial charge in [0, 0.05) is 17.8 Å². The van der Waals surface area contributed by atoms with Crippen molar-refractivity contribution in [3.05, 3.63) is 54.0 Å². The van der Waals surface area contributed by atoms with Gasteiger partial charge in [0.1, 0.15) is 0 Å². The zero-order valence-corrected chi connectivity index (χ0v) is 16.3. The molecule has 146 valence electrons. The van der Waals surface area contributed by atoms with Crippen molar-refractivity contribution in [2.75, 3.05) is 7.11 Å². The van der Waals surface area contributed by atoms with E-state index in [1.807, 2.05) is 20.8 Å². The number of methoxy groups -OCH3 is 1. The summed E-state index contributed by atoms with van der Waals surface area (Å²) in [5.74, 6) is 0.203. The van der Waals surface area contributed by atoms with Crippen LogP contribution in [0.1, 0.15) is 36.8 Å². The molecule has 0 fully saturated rings. The number of aromatic nitrogens is 4. The number of aliphatic hydroxyl groups excluding tert-OH is 1. The molecule has 2 N–H and O–H groups in total. The summed E-state index contributed by atoms with van der Waals surface area (Å²) in [6.07, 6.45) is 3.21. The van der Waals surface area contributed by atoms with E-state index in [1.165, 1.54) is 0 Å². The SMILES string of the molecule is COc1ccc(-n2nc(C(=O)NC(C)(C)C)cc2-c2ccc(CO)cn2)cn1. The largest absolute Gasteiger partial charge is 0.481 e. The maximum absolute atomic E-state index is 12.6. The fourth-order valence-electron chi connectivity index (χ4n) is 2.56. The molecule has 0 saturated heterocycles. The first-order valence-electron chi connectivity index (χ1n) is 8.80. The summed E-state index contributed by atoms with van der Waals surface area (Å²) in [5, 5.41) is 16.6. The van der Waals surface area contributed by atoms with Gasteiger partial charge in [0.15, 0.2) is 5.69 Å². The Balaban J connectivity index is 2.07. The molecule has 3 aromatic rings. The molecule has 0 aromatic carbocycles. The summed E-state index contributed by atoms with van der Waals surface area (Å²) >= 11 is 0. The number of rotatable bonds is 5. The van der Waals surface area contributed by atoms with Gasteiger partial charge in [0.2, 0.25) is 5.88 Å². The number of hydrogen-bond donors (Lipinski definition) is 2. The first-order valence-corrected chi connectivity index (χ1v) is 8.80. The molecular formula is C20H23N5O3. The lowest BCUT2D eigenvalue weighted by Gasteiger charge is -2.19. The maximum Gasteiger partial charge on any atom is 0.272 e. The molecule has 0 aliphatic carbocycles. The van der Waals surface area contributed by atoms with Crippen LogP contribution in [0.2, 0.25) is 0 Å². The van der Waals surface area contributed by atoms with Crippen molar-refractivity contribution < 1.29 is 14.6 Å². The van der Waals surface area contributed by atoms with Gasteiger partial charge in [-0.2, -0.15) is 5.10 Å². The van der Waals surface area contributed by atoms with Crippen LogP contribution in [0.3, 0.4) is 0 Å². The van der Waals surface area contributed by atoms with Crippen LogP contribution in [0.15, 0.2) is 42.7 Å². The predicted octanol–water partition coefficient (Wildman–Crippen LogP) is 2.36. The van der Waals surface area contributed by atoms with Gasteiger partial charge in [-0.25, -0.2) is 9.67 Å². The van der Waals surface area contributed by atoms with E-state index in [9.17, 15) is 9.90 Å². The summed E-state index contributed by atoms with van der Waals surface area (Å²) in [4.78, 5) is 21.2. The monoisotopic (exact) mass is 381 g/mol. The van der Waals surface area contributed by atoms with Gasteiger partial charge in [0.05, 0.1) is 37.0 Å². The first-order chi connectivity index (χ1) is 13.3. The smallest absolute Gasteiger partial charge is 0.272 e. The number of nitrogens with one attached hydrogen (secondary N) is 1. The predicted molar refractivity (Wildman–Crippen MR) is 104 cm³/mol. The van der Waals surface area contributed by atoms with Gasteiger partial charge in [-0.1, -0.05) is 6.07 Å². The van der Waals surface area contributed by atoms with E-state index in [1.54, 1.807) is 54.5 Å². The second kappa shape index (κ2) is 7.77. The molecule has 3 rings (SSSR count). The fraction of sp³-hybridized carbons (Fsp3) is 0.300. The second-order valence-electron chi connectivity index (χ2n) is 7.30. The lowest BCUT2D eigenvalue weighted by atomic mass is 10.1. The number of carbonyl (C=O) groups is 1. The van der Waals surface area contributed by atoms with Gasteiger partial charge in [0.25, 0.3) is 5.91 Å². The Morgan fingerprint density at radius 2 is 1.96 bits per heavy atom. The minimum atomic E-state index is -0.385. The summed E-state index contributed by atoms with van der Waals surface area (Å²) in [6, 6.07) is 8.77. The standard InChI is InChI=1S/C20H23N5O3/c1-20(2,3)23-19(27)16-9-17(15-7-5-13(12-26)10-21-15)25(24-16)14-6-8-18(28-4)22-11-14/h5-11,26H,12H2,1-4H3,(H,23,27). The van der Waals surface area contributed by atoms with Crippen LogP contribution >= 0.6 is 0 Å². The van der Waals surface area contributed by atoms with E-state index in [4.69, 9.17) is 4.74 Å². The number of nitrogens with zero attached hydrogens (tertiary/aromatic N) is 4. The lowest BCUT2D eigenvalue weighted by molar-refractivity contribution is 0.0914. The molecule has 28 heavy (non-hydrogen) atoms. The Labute approximate surface area is 163 Å². The number of hydrogen-bond acceptors (Lipinski definition) is 6. The van der Waals surface area contributed by atoms with Crippen LogP contribution in [0, 0.1) is 0 Å². The summed E-state index contributed by atoms with van der Waals surface area (Å²) in [5.41, 5.74) is 2.51. The van der Waals surface area contributed by atoms with Gasteiger partial charge in [-0.15, -0.1) is 0 Å². The number of pyridine rings is 2. The second-order valence-corrected chi connectivity index (χ2v) is 7.30. The highest BCUT2D eigenvalue weighted by Crippen LogP contribution is 2.23. The molecule has 0 saturated carbocycles. The molecule has 0 aliphatic heterocycles. The lowest BCUT2D eigenvalue weighted by Crippen LogP contribution is -2.40. The number of amides is 1. The normalized spacial score (nSPS) is 11.3. The number of ether oxygens (including phenoxy) is 1. The van der Waals surface area contributed by atoms with Gasteiger partial charge >= 0.3 is 0 Å². The van der Waals surface area contributed by atoms with E-state index in [0.717, 1.165) is 0 Å². The van der Waals surface area contributed by atoms with Crippen LogP contribution in [0.4, 0.5) is 0 Å². The molecule has 3 heterocycles. The number of carbonyl (C=O) groups excluding carboxylic acids is 1. The molecule has 3 aromatic heterocycles. The average Bonchev–Trinajstić information content (AvgIpc) is 3.12. The average molecular weight is 381 g/mol. The molecule has 0 bridgehead atoms. The summed E-state index contributed by atoms with van der Waals surface area (Å²) in [6.45, 7) is 5.64. The van der Waals surface area contributed by atoms with Crippen molar-refractivity contribution in [3.63, 3.8) is 0 Å². The van der Waals surface area contributed by atoms with E-state index >= 15 is 0 Å². The van der Waals surface area contributed by atoms with Crippen LogP contribution in [-0.4, -0.2) is 43.4 Å².